The molecule has 2 rings (SSSR count). The summed E-state index contributed by atoms with van der Waals surface area (Å²) in [6.07, 6.45) is 2.51. The van der Waals surface area contributed by atoms with Gasteiger partial charge >= 0.3 is 0 Å². The van der Waals surface area contributed by atoms with Gasteiger partial charge in [-0.1, -0.05) is 35.3 Å². The lowest BCUT2D eigenvalue weighted by Crippen LogP contribution is -2.38. The molecule has 1 heterocycles. The van der Waals surface area contributed by atoms with Gasteiger partial charge in [-0.05, 0) is 31.0 Å². The van der Waals surface area contributed by atoms with Gasteiger partial charge < -0.3 is 10.1 Å². The number of hydrogen-bond donors (Lipinski definition) is 1. The van der Waals surface area contributed by atoms with E-state index in [1.54, 1.807) is 7.11 Å². The van der Waals surface area contributed by atoms with Crippen LogP contribution in [-0.2, 0) is 11.3 Å². The maximum absolute atomic E-state index is 6.28. The molecular weight excluding hydrogens is 295 g/mol. The molecular formula is C15H22Cl2N2O. The van der Waals surface area contributed by atoms with E-state index in [1.165, 1.54) is 12.8 Å². The van der Waals surface area contributed by atoms with E-state index < -0.39 is 0 Å². The molecule has 112 valence electrons. The van der Waals surface area contributed by atoms with E-state index in [0.717, 1.165) is 38.3 Å². The Labute approximate surface area is 131 Å². The minimum atomic E-state index is 0.574. The van der Waals surface area contributed by atoms with Crippen LogP contribution in [0.1, 0.15) is 18.4 Å². The van der Waals surface area contributed by atoms with Crippen molar-refractivity contribution in [2.75, 3.05) is 33.4 Å². The van der Waals surface area contributed by atoms with Crippen LogP contribution in [0.25, 0.3) is 0 Å². The molecule has 1 saturated heterocycles. The van der Waals surface area contributed by atoms with Gasteiger partial charge in [0.05, 0.1) is 16.7 Å². The Hall–Kier alpha value is -0.320. The van der Waals surface area contributed by atoms with Crippen LogP contribution in [0, 0.1) is 0 Å². The maximum Gasteiger partial charge on any atom is 0.0637 e. The molecule has 0 radical (unpaired) electrons. The molecule has 5 heteroatoms. The SMILES string of the molecule is COCCN(Cc1cccc(Cl)c1Cl)CC1CCCN1. The van der Waals surface area contributed by atoms with Crippen molar-refractivity contribution in [3.63, 3.8) is 0 Å². The minimum Gasteiger partial charge on any atom is -0.383 e. The van der Waals surface area contributed by atoms with Crippen LogP contribution in [-0.4, -0.2) is 44.3 Å². The standard InChI is InChI=1S/C15H22Cl2N2O/c1-20-9-8-19(11-13-5-3-7-18-13)10-12-4-2-6-14(16)15(12)17/h2,4,6,13,18H,3,5,7-11H2,1H3. The summed E-state index contributed by atoms with van der Waals surface area (Å²) in [6.45, 7) is 4.58. The van der Waals surface area contributed by atoms with E-state index in [-0.39, 0.29) is 0 Å². The Bertz CT molecular complexity index is 422. The Balaban J connectivity index is 1.99. The Morgan fingerprint density at radius 3 is 2.95 bits per heavy atom. The normalized spacial score (nSPS) is 18.9. The summed E-state index contributed by atoms with van der Waals surface area (Å²) in [5.41, 5.74) is 1.08. The summed E-state index contributed by atoms with van der Waals surface area (Å²) >= 11 is 12.4. The molecule has 1 aromatic carbocycles. The van der Waals surface area contributed by atoms with Gasteiger partial charge in [-0.25, -0.2) is 0 Å². The zero-order valence-corrected chi connectivity index (χ0v) is 13.4. The van der Waals surface area contributed by atoms with Gasteiger partial charge in [0.2, 0.25) is 0 Å². The summed E-state index contributed by atoms with van der Waals surface area (Å²) in [6, 6.07) is 6.39. The maximum atomic E-state index is 6.28. The van der Waals surface area contributed by atoms with E-state index in [9.17, 15) is 0 Å². The first kappa shape index (κ1) is 16.1. The summed E-state index contributed by atoms with van der Waals surface area (Å²) < 4.78 is 5.21. The summed E-state index contributed by atoms with van der Waals surface area (Å²) in [5.74, 6) is 0. The molecule has 0 saturated carbocycles. The van der Waals surface area contributed by atoms with Gasteiger partial charge in [0.1, 0.15) is 0 Å². The second-order valence-corrected chi connectivity index (χ2v) is 6.02. The highest BCUT2D eigenvalue weighted by atomic mass is 35.5. The van der Waals surface area contributed by atoms with Gasteiger partial charge in [-0.2, -0.15) is 0 Å². The lowest BCUT2D eigenvalue weighted by Gasteiger charge is -2.26. The summed E-state index contributed by atoms with van der Waals surface area (Å²) in [5, 5.41) is 4.82. The first-order chi connectivity index (χ1) is 9.70. The van der Waals surface area contributed by atoms with Crippen molar-refractivity contribution in [1.29, 1.82) is 0 Å². The van der Waals surface area contributed by atoms with E-state index in [1.807, 2.05) is 18.2 Å². The fourth-order valence-corrected chi connectivity index (χ4v) is 2.97. The second kappa shape index (κ2) is 8.20. The molecule has 1 N–H and O–H groups in total. The molecule has 1 aliphatic rings. The number of hydrogen-bond acceptors (Lipinski definition) is 3. The van der Waals surface area contributed by atoms with Crippen LogP contribution in [0.2, 0.25) is 10.0 Å². The monoisotopic (exact) mass is 316 g/mol. The number of benzene rings is 1. The molecule has 0 spiro atoms. The van der Waals surface area contributed by atoms with Crippen LogP contribution in [0.15, 0.2) is 18.2 Å². The molecule has 1 atom stereocenters. The fraction of sp³-hybridized carbons (Fsp3) is 0.600. The fourth-order valence-electron chi connectivity index (χ4n) is 2.59. The zero-order valence-electron chi connectivity index (χ0n) is 11.9. The molecule has 1 unspecified atom stereocenters. The third-order valence-corrected chi connectivity index (χ3v) is 4.54. The van der Waals surface area contributed by atoms with Crippen molar-refractivity contribution in [3.05, 3.63) is 33.8 Å². The van der Waals surface area contributed by atoms with Crippen LogP contribution in [0.3, 0.4) is 0 Å². The predicted octanol–water partition coefficient (Wildman–Crippen LogP) is 3.19. The number of methoxy groups -OCH3 is 1. The van der Waals surface area contributed by atoms with Gasteiger partial charge in [0.15, 0.2) is 0 Å². The molecule has 20 heavy (non-hydrogen) atoms. The van der Waals surface area contributed by atoms with E-state index in [4.69, 9.17) is 27.9 Å². The zero-order chi connectivity index (χ0) is 14.4. The second-order valence-electron chi connectivity index (χ2n) is 5.23. The highest BCUT2D eigenvalue weighted by molar-refractivity contribution is 6.42. The van der Waals surface area contributed by atoms with Gasteiger partial charge in [0.25, 0.3) is 0 Å². The van der Waals surface area contributed by atoms with Crippen LogP contribution >= 0.6 is 23.2 Å². The Kier molecular flexibility index (Phi) is 6.59. The molecule has 0 bridgehead atoms. The molecule has 0 aromatic heterocycles. The number of rotatable bonds is 7. The van der Waals surface area contributed by atoms with Crippen LogP contribution < -0.4 is 5.32 Å². The molecule has 1 aliphatic heterocycles. The van der Waals surface area contributed by atoms with Crippen LogP contribution in [0.4, 0.5) is 0 Å². The lowest BCUT2D eigenvalue weighted by molar-refractivity contribution is 0.138. The Morgan fingerprint density at radius 1 is 1.40 bits per heavy atom. The lowest BCUT2D eigenvalue weighted by atomic mass is 10.1. The van der Waals surface area contributed by atoms with Gasteiger partial charge in [-0.15, -0.1) is 0 Å². The minimum absolute atomic E-state index is 0.574. The van der Waals surface area contributed by atoms with Crippen LogP contribution in [0.5, 0.6) is 0 Å². The quantitative estimate of drug-likeness (QED) is 0.836. The number of ether oxygens (including phenoxy) is 1. The first-order valence-electron chi connectivity index (χ1n) is 7.08. The summed E-state index contributed by atoms with van der Waals surface area (Å²) in [7, 11) is 1.73. The van der Waals surface area contributed by atoms with Gasteiger partial charge in [-0.3, -0.25) is 4.90 Å². The number of halogens is 2. The van der Waals surface area contributed by atoms with Crippen molar-refractivity contribution in [3.8, 4) is 0 Å². The average Bonchev–Trinajstić information content (AvgIpc) is 2.94. The van der Waals surface area contributed by atoms with E-state index >= 15 is 0 Å². The molecule has 1 fully saturated rings. The number of nitrogens with one attached hydrogen (secondary N) is 1. The average molecular weight is 317 g/mol. The number of nitrogens with zero attached hydrogens (tertiary/aromatic N) is 1. The molecule has 1 aromatic rings. The first-order valence-corrected chi connectivity index (χ1v) is 7.84. The largest absolute Gasteiger partial charge is 0.383 e. The van der Waals surface area contributed by atoms with Crippen molar-refractivity contribution < 1.29 is 4.74 Å². The summed E-state index contributed by atoms with van der Waals surface area (Å²) in [4.78, 5) is 2.38. The molecule has 0 aliphatic carbocycles. The van der Waals surface area contributed by atoms with Gasteiger partial charge in [0, 0.05) is 32.8 Å². The van der Waals surface area contributed by atoms with Crippen molar-refractivity contribution >= 4 is 23.2 Å². The van der Waals surface area contributed by atoms with Crippen molar-refractivity contribution in [2.45, 2.75) is 25.4 Å². The van der Waals surface area contributed by atoms with E-state index in [0.29, 0.717) is 16.1 Å². The molecule has 0 amide bonds. The predicted molar refractivity (Wildman–Crippen MR) is 84.6 cm³/mol. The Morgan fingerprint density at radius 2 is 2.25 bits per heavy atom. The van der Waals surface area contributed by atoms with Crippen molar-refractivity contribution in [1.82, 2.24) is 10.2 Å². The van der Waals surface area contributed by atoms with E-state index in [2.05, 4.69) is 10.2 Å². The molecule has 3 nitrogen and oxygen atoms in total. The highest BCUT2D eigenvalue weighted by Gasteiger charge is 2.18. The highest BCUT2D eigenvalue weighted by Crippen LogP contribution is 2.26. The van der Waals surface area contributed by atoms with Crippen molar-refractivity contribution in [2.24, 2.45) is 0 Å². The third kappa shape index (κ3) is 4.61. The topological polar surface area (TPSA) is 24.5 Å². The third-order valence-electron chi connectivity index (χ3n) is 3.68. The smallest absolute Gasteiger partial charge is 0.0637 e.